The molecule has 0 aliphatic heterocycles. The number of rotatable bonds is 10. The molecular formula is C25H32N4. The van der Waals surface area contributed by atoms with Crippen LogP contribution in [-0.2, 0) is 19.8 Å². The molecule has 152 valence electrons. The predicted octanol–water partition coefficient (Wildman–Crippen LogP) is 4.66. The minimum atomic E-state index is 0.725. The molecule has 4 rings (SSSR count). The summed E-state index contributed by atoms with van der Waals surface area (Å²) in [4.78, 5) is 0. The van der Waals surface area contributed by atoms with E-state index < -0.39 is 0 Å². The molecule has 0 N–H and O–H groups in total. The molecule has 2 heterocycles. The molecular weight excluding hydrogens is 356 g/mol. The zero-order valence-electron chi connectivity index (χ0n) is 17.8. The lowest BCUT2D eigenvalue weighted by atomic mass is 10.2. The Kier molecular flexibility index (Phi) is 6.28. The molecule has 4 aromatic rings. The number of benzene rings is 2. The normalized spacial score (nSPS) is 11.7. The smallest absolute Gasteiger partial charge is 0.208 e. The minimum Gasteiger partial charge on any atom is -0.344 e. The van der Waals surface area contributed by atoms with E-state index in [9.17, 15) is 0 Å². The molecule has 0 spiro atoms. The van der Waals surface area contributed by atoms with Crippen LogP contribution in [0.3, 0.4) is 0 Å². The largest absolute Gasteiger partial charge is 0.344 e. The topological polar surface area (TPSA) is 17.6 Å². The number of para-hydroxylation sites is 4. The lowest BCUT2D eigenvalue weighted by Gasteiger charge is -2.05. The van der Waals surface area contributed by atoms with Crippen LogP contribution in [0.25, 0.3) is 22.1 Å². The first kappa shape index (κ1) is 19.7. The highest BCUT2D eigenvalue weighted by Gasteiger charge is 2.11. The molecule has 29 heavy (non-hydrogen) atoms. The van der Waals surface area contributed by atoms with Crippen LogP contribution in [0, 0.1) is 12.7 Å². The van der Waals surface area contributed by atoms with Gasteiger partial charge in [0, 0.05) is 22.1 Å². The van der Waals surface area contributed by atoms with Gasteiger partial charge < -0.3 is 18.3 Å². The number of unbranched alkanes of at least 4 members (excludes halogenated alkanes) is 4. The van der Waals surface area contributed by atoms with Gasteiger partial charge in [-0.1, -0.05) is 75.2 Å². The minimum absolute atomic E-state index is 0.725. The molecule has 2 aromatic carbocycles. The maximum atomic E-state index is 3.61. The van der Waals surface area contributed by atoms with Gasteiger partial charge in [0.25, 0.3) is 0 Å². The molecule has 0 unspecified atom stereocenters. The number of fused-ring (bicyclic) bond motifs is 2. The third-order valence-electron chi connectivity index (χ3n) is 5.66. The van der Waals surface area contributed by atoms with Gasteiger partial charge in [-0.25, -0.2) is 0 Å². The monoisotopic (exact) mass is 388 g/mol. The lowest BCUT2D eigenvalue weighted by molar-refractivity contribution is -0.677. The Morgan fingerprint density at radius 1 is 0.655 bits per heavy atom. The summed E-state index contributed by atoms with van der Waals surface area (Å²) in [5.74, 6) is 0. The Balaban J connectivity index is 1.67. The predicted molar refractivity (Wildman–Crippen MR) is 116 cm³/mol. The molecule has 0 fully saturated rings. The van der Waals surface area contributed by atoms with E-state index in [0.29, 0.717) is 0 Å². The van der Waals surface area contributed by atoms with Crippen LogP contribution >= 0.6 is 0 Å². The second-order valence-electron chi connectivity index (χ2n) is 7.89. The van der Waals surface area contributed by atoms with Gasteiger partial charge in [0.1, 0.15) is 0 Å². The van der Waals surface area contributed by atoms with Crippen molar-refractivity contribution in [3.63, 3.8) is 0 Å². The number of aromatic nitrogens is 4. The van der Waals surface area contributed by atoms with Crippen LogP contribution in [0.4, 0.5) is 0 Å². The van der Waals surface area contributed by atoms with Crippen molar-refractivity contribution in [3.05, 3.63) is 61.2 Å². The van der Waals surface area contributed by atoms with E-state index in [0.717, 1.165) is 19.8 Å². The number of hydrogen-bond donors (Lipinski definition) is 0. The van der Waals surface area contributed by atoms with Crippen LogP contribution in [0.5, 0.6) is 0 Å². The van der Waals surface area contributed by atoms with Crippen molar-refractivity contribution in [1.29, 1.82) is 0 Å². The Hall–Kier alpha value is -2.62. The number of aryl methyl sites for hydroxylation is 2. The number of nitrogens with zero attached hydrogens (tertiary/aromatic N) is 4. The molecule has 4 nitrogen and oxygen atoms in total. The van der Waals surface area contributed by atoms with E-state index in [1.165, 1.54) is 60.6 Å². The van der Waals surface area contributed by atoms with Gasteiger partial charge in [0.15, 0.2) is 6.67 Å². The molecule has 0 aliphatic carbocycles. The first-order chi connectivity index (χ1) is 14.3. The second kappa shape index (κ2) is 9.25. The number of hydrogen-bond acceptors (Lipinski definition) is 0. The average Bonchev–Trinajstić information content (AvgIpc) is 3.28. The molecule has 0 radical (unpaired) electrons. The van der Waals surface area contributed by atoms with E-state index in [-0.39, 0.29) is 0 Å². The van der Waals surface area contributed by atoms with Gasteiger partial charge in [0.05, 0.1) is 13.1 Å². The van der Waals surface area contributed by atoms with Crippen molar-refractivity contribution in [2.75, 3.05) is 0 Å². The van der Waals surface area contributed by atoms with Crippen LogP contribution < -0.4 is 9.13 Å². The van der Waals surface area contributed by atoms with Gasteiger partial charge in [-0.3, -0.25) is 0 Å². The third kappa shape index (κ3) is 4.21. The fraction of sp³-hybridized carbons (Fsp3) is 0.440. The van der Waals surface area contributed by atoms with E-state index in [1.807, 2.05) is 0 Å². The molecule has 0 bridgehead atoms. The first-order valence-electron chi connectivity index (χ1n) is 11.1. The van der Waals surface area contributed by atoms with E-state index in [2.05, 4.69) is 93.3 Å². The molecule has 0 aliphatic rings. The second-order valence-corrected chi connectivity index (χ2v) is 7.89. The summed E-state index contributed by atoms with van der Waals surface area (Å²) in [5.41, 5.74) is 4.98. The lowest BCUT2D eigenvalue weighted by Crippen LogP contribution is -2.33. The first-order valence-corrected chi connectivity index (χ1v) is 11.1. The maximum absolute atomic E-state index is 3.61. The zero-order chi connectivity index (χ0) is 20.1. The summed E-state index contributed by atoms with van der Waals surface area (Å²) in [6.07, 6.45) is 14.6. The number of imidazole rings is 2. The highest BCUT2D eigenvalue weighted by molar-refractivity contribution is 5.73. The average molecular weight is 389 g/mol. The molecule has 0 saturated heterocycles. The van der Waals surface area contributed by atoms with Crippen molar-refractivity contribution < 1.29 is 9.13 Å². The van der Waals surface area contributed by atoms with Crippen molar-refractivity contribution in [1.82, 2.24) is 9.13 Å². The molecule has 0 atom stereocenters. The quantitative estimate of drug-likeness (QED) is 0.214. The van der Waals surface area contributed by atoms with Crippen molar-refractivity contribution >= 4 is 22.1 Å². The summed E-state index contributed by atoms with van der Waals surface area (Å²) >= 11 is 0. The Morgan fingerprint density at radius 3 is 1.55 bits per heavy atom. The molecule has 0 amide bonds. The van der Waals surface area contributed by atoms with Gasteiger partial charge >= 0.3 is 0 Å². The van der Waals surface area contributed by atoms with Gasteiger partial charge in [-0.05, 0) is 25.7 Å². The zero-order valence-corrected chi connectivity index (χ0v) is 17.8. The Morgan fingerprint density at radius 2 is 1.10 bits per heavy atom. The van der Waals surface area contributed by atoms with Crippen LogP contribution in [0.15, 0.2) is 48.5 Å². The highest BCUT2D eigenvalue weighted by Crippen LogP contribution is 2.15. The summed E-state index contributed by atoms with van der Waals surface area (Å²) in [6.45, 7) is 7.27. The Labute approximate surface area is 174 Å². The molecule has 2 aromatic heterocycles. The van der Waals surface area contributed by atoms with E-state index >= 15 is 0 Å². The summed E-state index contributed by atoms with van der Waals surface area (Å²) in [6, 6.07) is 17.3. The third-order valence-corrected chi connectivity index (χ3v) is 5.66. The van der Waals surface area contributed by atoms with Gasteiger partial charge in [0.2, 0.25) is 12.7 Å². The van der Waals surface area contributed by atoms with E-state index in [1.54, 1.807) is 0 Å². The fourth-order valence-electron chi connectivity index (χ4n) is 4.09. The molecule has 0 saturated carbocycles. The summed E-state index contributed by atoms with van der Waals surface area (Å²) in [5, 5.41) is 0. The summed E-state index contributed by atoms with van der Waals surface area (Å²) in [7, 11) is 0. The summed E-state index contributed by atoms with van der Waals surface area (Å²) < 4.78 is 9.04. The van der Waals surface area contributed by atoms with Crippen molar-refractivity contribution in [2.24, 2.45) is 0 Å². The highest BCUT2D eigenvalue weighted by atomic mass is 15.2. The van der Waals surface area contributed by atoms with Crippen LogP contribution in [0.1, 0.15) is 52.4 Å². The van der Waals surface area contributed by atoms with Gasteiger partial charge in [-0.15, -0.1) is 0 Å². The SMILES string of the molecule is CCCCC[n+]1[c-]n(Cn2[c-][n+](CCCCC)c3ccccc32)c2ccccc21. The molecule has 4 heteroatoms. The maximum Gasteiger partial charge on any atom is 0.208 e. The van der Waals surface area contributed by atoms with Crippen LogP contribution in [-0.4, -0.2) is 9.13 Å². The van der Waals surface area contributed by atoms with E-state index in [4.69, 9.17) is 0 Å². The fourth-order valence-corrected chi connectivity index (χ4v) is 4.09. The standard InChI is InChI=1S/C25H32N4/c1-3-5-11-17-26-19-28(24-15-9-7-13-22(24)26)21-29-20-27(18-12-6-4-2)23-14-8-10-16-25(23)29/h7-10,13-16H,3-6,11-12,17-18,21H2,1-2H3. The van der Waals surface area contributed by atoms with Gasteiger partial charge in [-0.2, -0.15) is 0 Å². The van der Waals surface area contributed by atoms with Crippen molar-refractivity contribution in [2.45, 2.75) is 72.1 Å². The van der Waals surface area contributed by atoms with Crippen LogP contribution in [0.2, 0.25) is 0 Å². The Bertz CT molecular complexity index is 987. The van der Waals surface area contributed by atoms with Crippen molar-refractivity contribution in [3.8, 4) is 0 Å².